The lowest BCUT2D eigenvalue weighted by molar-refractivity contribution is 0.147. The van der Waals surface area contributed by atoms with Crippen molar-refractivity contribution in [3.05, 3.63) is 24.3 Å². The van der Waals surface area contributed by atoms with Crippen molar-refractivity contribution in [1.29, 1.82) is 0 Å². The molecule has 23 heavy (non-hydrogen) atoms. The Morgan fingerprint density at radius 2 is 1.83 bits per heavy atom. The number of unbranched alkanes of at least 4 members (excludes halogenated alkanes) is 2. The quantitative estimate of drug-likeness (QED) is 0.628. The molecule has 0 aliphatic heterocycles. The second-order valence-electron chi connectivity index (χ2n) is 5.79. The van der Waals surface area contributed by atoms with Crippen LogP contribution >= 0.6 is 0 Å². The number of nitrogens with one attached hydrogen (secondary N) is 3. The molecule has 1 aromatic rings. The summed E-state index contributed by atoms with van der Waals surface area (Å²) in [5, 5.41) is 8.18. The van der Waals surface area contributed by atoms with Gasteiger partial charge in [-0.05, 0) is 30.5 Å². The van der Waals surface area contributed by atoms with E-state index in [1.54, 1.807) is 24.3 Å². The normalized spacial score (nSPS) is 10.3. The Hall–Kier alpha value is -2.24. The number of hydrogen-bond donors (Lipinski definition) is 3. The number of amides is 3. The van der Waals surface area contributed by atoms with Crippen LogP contribution in [0.2, 0.25) is 0 Å². The number of carbonyl (C=O) groups is 2. The number of carbonyl (C=O) groups excluding carboxylic acids is 2. The molecule has 0 aliphatic carbocycles. The van der Waals surface area contributed by atoms with Crippen molar-refractivity contribution >= 4 is 23.5 Å². The first-order valence-corrected chi connectivity index (χ1v) is 8.10. The van der Waals surface area contributed by atoms with Crippen molar-refractivity contribution in [2.45, 2.75) is 40.0 Å². The monoisotopic (exact) mass is 321 g/mol. The Bertz CT molecular complexity index is 504. The van der Waals surface area contributed by atoms with Gasteiger partial charge in [0.2, 0.25) is 0 Å². The molecule has 128 valence electrons. The van der Waals surface area contributed by atoms with Gasteiger partial charge < -0.3 is 15.4 Å². The smallest absolute Gasteiger partial charge is 0.411 e. The van der Waals surface area contributed by atoms with Crippen LogP contribution in [0.15, 0.2) is 24.3 Å². The molecule has 0 spiro atoms. The fourth-order valence-electron chi connectivity index (χ4n) is 1.82. The standard InChI is InChI=1S/C17H27N3O3/c1-4-5-6-10-18-16(21)19-14-8-7-9-15(11-14)20-17(22)23-12-13(2)3/h7-9,11,13H,4-6,10,12H2,1-3H3,(H,20,22)(H2,18,19,21). The second-order valence-corrected chi connectivity index (χ2v) is 5.79. The molecule has 6 nitrogen and oxygen atoms in total. The highest BCUT2D eigenvalue weighted by Gasteiger charge is 2.06. The molecule has 0 radical (unpaired) electrons. The van der Waals surface area contributed by atoms with E-state index in [0.717, 1.165) is 19.3 Å². The van der Waals surface area contributed by atoms with Crippen molar-refractivity contribution in [2.75, 3.05) is 23.8 Å². The van der Waals surface area contributed by atoms with Crippen LogP contribution in [-0.4, -0.2) is 25.3 Å². The SMILES string of the molecule is CCCCCNC(=O)Nc1cccc(NC(=O)OCC(C)C)c1. The highest BCUT2D eigenvalue weighted by Crippen LogP contribution is 2.15. The predicted molar refractivity (Wildman–Crippen MR) is 92.8 cm³/mol. The third-order valence-corrected chi connectivity index (χ3v) is 2.98. The fraction of sp³-hybridized carbons (Fsp3) is 0.529. The molecule has 0 bridgehead atoms. The maximum atomic E-state index is 11.8. The molecule has 0 saturated heterocycles. The van der Waals surface area contributed by atoms with E-state index >= 15 is 0 Å². The predicted octanol–water partition coefficient (Wildman–Crippen LogP) is 4.20. The molecule has 0 fully saturated rings. The molecule has 6 heteroatoms. The highest BCUT2D eigenvalue weighted by atomic mass is 16.5. The Morgan fingerprint density at radius 3 is 2.48 bits per heavy atom. The summed E-state index contributed by atoms with van der Waals surface area (Å²) in [7, 11) is 0. The topological polar surface area (TPSA) is 79.5 Å². The Morgan fingerprint density at radius 1 is 1.13 bits per heavy atom. The van der Waals surface area contributed by atoms with E-state index in [1.807, 2.05) is 13.8 Å². The summed E-state index contributed by atoms with van der Waals surface area (Å²) in [6.07, 6.45) is 2.68. The molecule has 0 atom stereocenters. The Labute approximate surface area is 138 Å². The summed E-state index contributed by atoms with van der Waals surface area (Å²) in [5.74, 6) is 0.283. The van der Waals surface area contributed by atoms with E-state index in [2.05, 4.69) is 22.9 Å². The van der Waals surface area contributed by atoms with Crippen LogP contribution in [-0.2, 0) is 4.74 Å². The largest absolute Gasteiger partial charge is 0.449 e. The first-order valence-electron chi connectivity index (χ1n) is 8.10. The average molecular weight is 321 g/mol. The molecule has 0 saturated carbocycles. The van der Waals surface area contributed by atoms with Gasteiger partial charge in [0.05, 0.1) is 6.61 Å². The van der Waals surface area contributed by atoms with Crippen LogP contribution in [0.1, 0.15) is 40.0 Å². The van der Waals surface area contributed by atoms with Gasteiger partial charge in [-0.25, -0.2) is 9.59 Å². The number of ether oxygens (including phenoxy) is 1. The van der Waals surface area contributed by atoms with Crippen molar-refractivity contribution in [3.63, 3.8) is 0 Å². The first kappa shape index (κ1) is 18.8. The van der Waals surface area contributed by atoms with E-state index in [9.17, 15) is 9.59 Å². The highest BCUT2D eigenvalue weighted by molar-refractivity contribution is 5.91. The van der Waals surface area contributed by atoms with Crippen molar-refractivity contribution in [1.82, 2.24) is 5.32 Å². The minimum atomic E-state index is -0.500. The van der Waals surface area contributed by atoms with E-state index < -0.39 is 6.09 Å². The van der Waals surface area contributed by atoms with Gasteiger partial charge in [0, 0.05) is 17.9 Å². The number of benzene rings is 1. The lowest BCUT2D eigenvalue weighted by Crippen LogP contribution is -2.29. The zero-order valence-corrected chi connectivity index (χ0v) is 14.1. The number of rotatable bonds is 8. The lowest BCUT2D eigenvalue weighted by Gasteiger charge is -2.11. The van der Waals surface area contributed by atoms with Crippen LogP contribution in [0.5, 0.6) is 0 Å². The summed E-state index contributed by atoms with van der Waals surface area (Å²) < 4.78 is 5.05. The van der Waals surface area contributed by atoms with Crippen molar-refractivity contribution in [2.24, 2.45) is 5.92 Å². The minimum absolute atomic E-state index is 0.249. The van der Waals surface area contributed by atoms with Gasteiger partial charge in [0.25, 0.3) is 0 Å². The average Bonchev–Trinajstić information content (AvgIpc) is 2.50. The van der Waals surface area contributed by atoms with E-state index in [-0.39, 0.29) is 11.9 Å². The Kier molecular flexibility index (Phi) is 8.57. The third-order valence-electron chi connectivity index (χ3n) is 2.98. The Balaban J connectivity index is 2.43. The van der Waals surface area contributed by atoms with Gasteiger partial charge in [0.15, 0.2) is 0 Å². The molecule has 0 unspecified atom stereocenters. The van der Waals surface area contributed by atoms with Crippen molar-refractivity contribution in [3.8, 4) is 0 Å². The maximum Gasteiger partial charge on any atom is 0.411 e. The van der Waals surface area contributed by atoms with Crippen LogP contribution in [0, 0.1) is 5.92 Å². The molecule has 3 N–H and O–H groups in total. The van der Waals surface area contributed by atoms with Gasteiger partial charge in [-0.15, -0.1) is 0 Å². The number of urea groups is 1. The third kappa shape index (κ3) is 8.70. The molecular formula is C17H27N3O3. The molecule has 0 aromatic heterocycles. The van der Waals surface area contributed by atoms with Gasteiger partial charge >= 0.3 is 12.1 Å². The lowest BCUT2D eigenvalue weighted by atomic mass is 10.2. The first-order chi connectivity index (χ1) is 11.0. The number of anilines is 2. The van der Waals surface area contributed by atoms with Crippen LogP contribution in [0.3, 0.4) is 0 Å². The van der Waals surface area contributed by atoms with Crippen LogP contribution in [0.25, 0.3) is 0 Å². The zero-order valence-electron chi connectivity index (χ0n) is 14.1. The summed E-state index contributed by atoms with van der Waals surface area (Å²) >= 11 is 0. The molecule has 0 aliphatic rings. The molecule has 1 rings (SSSR count). The molecule has 3 amide bonds. The van der Waals surface area contributed by atoms with E-state index in [1.165, 1.54) is 0 Å². The van der Waals surface area contributed by atoms with Gasteiger partial charge in [-0.2, -0.15) is 0 Å². The van der Waals surface area contributed by atoms with Gasteiger partial charge in [0.1, 0.15) is 0 Å². The fourth-order valence-corrected chi connectivity index (χ4v) is 1.82. The summed E-state index contributed by atoms with van der Waals surface area (Å²) in [6, 6.07) is 6.69. The van der Waals surface area contributed by atoms with Crippen LogP contribution in [0.4, 0.5) is 21.0 Å². The number of hydrogen-bond acceptors (Lipinski definition) is 3. The zero-order chi connectivity index (χ0) is 17.1. The van der Waals surface area contributed by atoms with Gasteiger partial charge in [-0.3, -0.25) is 5.32 Å². The van der Waals surface area contributed by atoms with E-state index in [0.29, 0.717) is 24.5 Å². The molecule has 1 aromatic carbocycles. The van der Waals surface area contributed by atoms with Gasteiger partial charge in [-0.1, -0.05) is 39.7 Å². The van der Waals surface area contributed by atoms with E-state index in [4.69, 9.17) is 4.74 Å². The summed E-state index contributed by atoms with van der Waals surface area (Å²) in [5.41, 5.74) is 1.18. The molecule has 0 heterocycles. The molecular weight excluding hydrogens is 294 g/mol. The summed E-state index contributed by atoms with van der Waals surface area (Å²) in [6.45, 7) is 7.07. The minimum Gasteiger partial charge on any atom is -0.449 e. The van der Waals surface area contributed by atoms with Crippen LogP contribution < -0.4 is 16.0 Å². The maximum absolute atomic E-state index is 11.8. The second kappa shape index (κ2) is 10.5. The van der Waals surface area contributed by atoms with Crippen molar-refractivity contribution < 1.29 is 14.3 Å². The summed E-state index contributed by atoms with van der Waals surface area (Å²) in [4.78, 5) is 23.4.